The van der Waals surface area contributed by atoms with E-state index < -0.39 is 0 Å². The second kappa shape index (κ2) is 9.65. The highest BCUT2D eigenvalue weighted by molar-refractivity contribution is 6.30. The Morgan fingerprint density at radius 3 is 2.59 bits per heavy atom. The number of nitrogens with zero attached hydrogens (tertiary/aromatic N) is 3. The van der Waals surface area contributed by atoms with Crippen molar-refractivity contribution >= 4 is 34.1 Å². The number of aromatic nitrogens is 1. The van der Waals surface area contributed by atoms with Gasteiger partial charge in [0.2, 0.25) is 5.91 Å². The summed E-state index contributed by atoms with van der Waals surface area (Å²) < 4.78 is 7.49. The summed E-state index contributed by atoms with van der Waals surface area (Å²) in [5.41, 5.74) is 3.05. The number of anilines is 1. The summed E-state index contributed by atoms with van der Waals surface area (Å²) in [6, 6.07) is 15.1. The Bertz CT molecular complexity index is 1180. The molecule has 1 aromatic heterocycles. The van der Waals surface area contributed by atoms with Crippen molar-refractivity contribution in [2.24, 2.45) is 7.05 Å². The van der Waals surface area contributed by atoms with Gasteiger partial charge in [-0.15, -0.1) is 0 Å². The predicted molar refractivity (Wildman–Crippen MR) is 129 cm³/mol. The predicted octanol–water partition coefficient (Wildman–Crippen LogP) is 4.01. The quantitative estimate of drug-likeness (QED) is 0.529. The lowest BCUT2D eigenvalue weighted by Crippen LogP contribution is -2.49. The minimum Gasteiger partial charge on any atom is -0.493 e. The van der Waals surface area contributed by atoms with E-state index in [9.17, 15) is 9.59 Å². The Morgan fingerprint density at radius 2 is 1.81 bits per heavy atom. The summed E-state index contributed by atoms with van der Waals surface area (Å²) >= 11 is 6.16. The summed E-state index contributed by atoms with van der Waals surface area (Å²) in [6.45, 7) is 5.46. The van der Waals surface area contributed by atoms with E-state index in [-0.39, 0.29) is 11.5 Å². The Kier molecular flexibility index (Phi) is 6.70. The summed E-state index contributed by atoms with van der Waals surface area (Å²) in [6.07, 6.45) is 1.04. The molecule has 0 saturated carbocycles. The van der Waals surface area contributed by atoms with Gasteiger partial charge in [0.1, 0.15) is 5.75 Å². The van der Waals surface area contributed by atoms with Crippen LogP contribution in [0.25, 0.3) is 10.9 Å². The molecule has 0 atom stereocenters. The van der Waals surface area contributed by atoms with Gasteiger partial charge in [0.25, 0.3) is 5.56 Å². The molecule has 4 rings (SSSR count). The molecule has 3 aromatic rings. The Balaban J connectivity index is 1.28. The minimum absolute atomic E-state index is 0.109. The van der Waals surface area contributed by atoms with Gasteiger partial charge in [-0.1, -0.05) is 29.8 Å². The molecule has 0 aliphatic carbocycles. The maximum absolute atomic E-state index is 12.7. The number of carbonyl (C=O) groups is 1. The van der Waals surface area contributed by atoms with Crippen molar-refractivity contribution in [3.8, 4) is 5.75 Å². The van der Waals surface area contributed by atoms with Crippen molar-refractivity contribution in [2.75, 3.05) is 37.7 Å². The molecule has 2 heterocycles. The van der Waals surface area contributed by atoms with Crippen LogP contribution in [0.15, 0.2) is 53.3 Å². The highest BCUT2D eigenvalue weighted by atomic mass is 35.5. The zero-order valence-corrected chi connectivity index (χ0v) is 19.3. The van der Waals surface area contributed by atoms with E-state index >= 15 is 0 Å². The standard InChI is InChI=1S/C25H28ClN3O3/c1-18-9-10-19(26)16-22(18)28-11-13-29(14-12-28)24(30)8-5-15-32-23-17-25(31)27(2)21-7-4-3-6-20(21)23/h3-4,6-7,9-10,16-17H,5,8,11-15H2,1-2H3. The molecule has 2 aromatic carbocycles. The molecule has 1 fully saturated rings. The van der Waals surface area contributed by atoms with Crippen molar-refractivity contribution in [3.63, 3.8) is 0 Å². The number of hydrogen-bond donors (Lipinski definition) is 0. The van der Waals surface area contributed by atoms with Crippen LogP contribution in [-0.4, -0.2) is 48.2 Å². The van der Waals surface area contributed by atoms with Crippen molar-refractivity contribution in [2.45, 2.75) is 19.8 Å². The average molecular weight is 454 g/mol. The summed E-state index contributed by atoms with van der Waals surface area (Å²) in [5.74, 6) is 0.714. The number of ether oxygens (including phenoxy) is 1. The van der Waals surface area contributed by atoms with E-state index in [4.69, 9.17) is 16.3 Å². The Labute approximate surface area is 193 Å². The van der Waals surface area contributed by atoms with E-state index in [2.05, 4.69) is 11.8 Å². The lowest BCUT2D eigenvalue weighted by molar-refractivity contribution is -0.131. The minimum atomic E-state index is -0.109. The van der Waals surface area contributed by atoms with Crippen LogP contribution in [0, 0.1) is 6.92 Å². The van der Waals surface area contributed by atoms with Crippen LogP contribution in [-0.2, 0) is 11.8 Å². The SMILES string of the molecule is Cc1ccc(Cl)cc1N1CCN(C(=O)CCCOc2cc(=O)n(C)c3ccccc23)CC1. The van der Waals surface area contributed by atoms with Crippen LogP contribution in [0.1, 0.15) is 18.4 Å². The third kappa shape index (κ3) is 4.75. The highest BCUT2D eigenvalue weighted by Gasteiger charge is 2.22. The summed E-state index contributed by atoms with van der Waals surface area (Å²) in [5, 5.41) is 1.63. The third-order valence-electron chi connectivity index (χ3n) is 6.05. The topological polar surface area (TPSA) is 54.8 Å². The first-order chi connectivity index (χ1) is 15.4. The maximum Gasteiger partial charge on any atom is 0.254 e. The van der Waals surface area contributed by atoms with E-state index in [1.807, 2.05) is 47.4 Å². The van der Waals surface area contributed by atoms with Gasteiger partial charge in [-0.3, -0.25) is 9.59 Å². The molecular weight excluding hydrogens is 426 g/mol. The van der Waals surface area contributed by atoms with E-state index in [0.29, 0.717) is 38.3 Å². The number of carbonyl (C=O) groups excluding carboxylic acids is 1. The van der Waals surface area contributed by atoms with Gasteiger partial charge in [0, 0.05) is 61.8 Å². The Hall–Kier alpha value is -2.99. The molecule has 0 spiro atoms. The lowest BCUT2D eigenvalue weighted by Gasteiger charge is -2.37. The smallest absolute Gasteiger partial charge is 0.254 e. The van der Waals surface area contributed by atoms with Crippen molar-refractivity contribution in [1.29, 1.82) is 0 Å². The molecule has 0 N–H and O–H groups in total. The first-order valence-corrected chi connectivity index (χ1v) is 11.3. The Morgan fingerprint density at radius 1 is 1.06 bits per heavy atom. The van der Waals surface area contributed by atoms with Gasteiger partial charge < -0.3 is 19.1 Å². The molecule has 0 unspecified atom stereocenters. The average Bonchev–Trinajstić information content (AvgIpc) is 2.81. The second-order valence-electron chi connectivity index (χ2n) is 8.17. The molecule has 0 radical (unpaired) electrons. The van der Waals surface area contributed by atoms with Crippen LogP contribution in [0.3, 0.4) is 0 Å². The number of pyridine rings is 1. The maximum atomic E-state index is 12.7. The van der Waals surface area contributed by atoms with E-state index in [1.54, 1.807) is 11.6 Å². The molecular formula is C25H28ClN3O3. The molecule has 1 aliphatic rings. The van der Waals surface area contributed by atoms with Crippen molar-refractivity contribution in [3.05, 3.63) is 69.5 Å². The van der Waals surface area contributed by atoms with Gasteiger partial charge >= 0.3 is 0 Å². The van der Waals surface area contributed by atoms with Crippen molar-refractivity contribution in [1.82, 2.24) is 9.47 Å². The first kappa shape index (κ1) is 22.2. The highest BCUT2D eigenvalue weighted by Crippen LogP contribution is 2.26. The summed E-state index contributed by atoms with van der Waals surface area (Å²) in [4.78, 5) is 29.1. The number of aryl methyl sites for hydroxylation is 2. The number of fused-ring (bicyclic) bond motifs is 1. The number of halogens is 1. The molecule has 1 saturated heterocycles. The number of amides is 1. The molecule has 0 bridgehead atoms. The number of benzene rings is 2. The first-order valence-electron chi connectivity index (χ1n) is 10.9. The van der Waals surface area contributed by atoms with Crippen molar-refractivity contribution < 1.29 is 9.53 Å². The summed E-state index contributed by atoms with van der Waals surface area (Å²) in [7, 11) is 1.75. The molecule has 1 aliphatic heterocycles. The largest absolute Gasteiger partial charge is 0.493 e. The van der Waals surface area contributed by atoms with Gasteiger partial charge in [-0.05, 0) is 43.2 Å². The fourth-order valence-corrected chi connectivity index (χ4v) is 4.35. The van der Waals surface area contributed by atoms with Gasteiger partial charge in [0.15, 0.2) is 0 Å². The molecule has 168 valence electrons. The van der Waals surface area contributed by atoms with Crippen LogP contribution in [0.2, 0.25) is 5.02 Å². The zero-order valence-electron chi connectivity index (χ0n) is 18.5. The second-order valence-corrected chi connectivity index (χ2v) is 8.61. The fraction of sp³-hybridized carbons (Fsp3) is 0.360. The van der Waals surface area contributed by atoms with Crippen LogP contribution < -0.4 is 15.2 Å². The molecule has 32 heavy (non-hydrogen) atoms. The van der Waals surface area contributed by atoms with Gasteiger partial charge in [-0.25, -0.2) is 0 Å². The van der Waals surface area contributed by atoms with E-state index in [0.717, 1.165) is 34.7 Å². The third-order valence-corrected chi connectivity index (χ3v) is 6.29. The molecule has 1 amide bonds. The van der Waals surface area contributed by atoms with Gasteiger partial charge in [-0.2, -0.15) is 0 Å². The number of piperazine rings is 1. The number of para-hydroxylation sites is 1. The van der Waals surface area contributed by atoms with Crippen LogP contribution in [0.4, 0.5) is 5.69 Å². The van der Waals surface area contributed by atoms with Crippen LogP contribution >= 0.6 is 11.6 Å². The fourth-order valence-electron chi connectivity index (χ4n) is 4.18. The zero-order chi connectivity index (χ0) is 22.7. The van der Waals surface area contributed by atoms with E-state index in [1.165, 1.54) is 11.6 Å². The normalized spacial score (nSPS) is 14.1. The molecule has 7 heteroatoms. The molecule has 6 nitrogen and oxygen atoms in total. The van der Waals surface area contributed by atoms with Gasteiger partial charge in [0.05, 0.1) is 12.1 Å². The van der Waals surface area contributed by atoms with Crippen LogP contribution in [0.5, 0.6) is 5.75 Å². The lowest BCUT2D eigenvalue weighted by atomic mass is 10.1. The monoisotopic (exact) mass is 453 g/mol. The number of hydrogen-bond acceptors (Lipinski definition) is 4. The number of rotatable bonds is 6.